The van der Waals surface area contributed by atoms with Gasteiger partial charge in [0.15, 0.2) is 5.82 Å². The van der Waals surface area contributed by atoms with E-state index in [9.17, 15) is 4.79 Å². The average molecular weight is 273 g/mol. The zero-order valence-corrected chi connectivity index (χ0v) is 11.3. The van der Waals surface area contributed by atoms with E-state index in [4.69, 9.17) is 16.3 Å². The van der Waals surface area contributed by atoms with Crippen LogP contribution in [0.3, 0.4) is 0 Å². The summed E-state index contributed by atoms with van der Waals surface area (Å²) < 4.78 is 4.93. The van der Waals surface area contributed by atoms with Crippen LogP contribution in [0.15, 0.2) is 6.07 Å². The Kier molecular flexibility index (Phi) is 6.38. The Morgan fingerprint density at radius 2 is 2.28 bits per heavy atom. The Labute approximate surface area is 111 Å². The standard InChI is InChI=1S/C11H17ClN4O2/c1-3-4-13-11(17)6-14-9-5-8(12)15-10(16-9)7-18-2/h5H,3-4,6-7H2,1-2H3,(H,13,17)(H,14,15,16). The maximum Gasteiger partial charge on any atom is 0.239 e. The number of ether oxygens (including phenoxy) is 1. The number of nitrogens with one attached hydrogen (secondary N) is 2. The van der Waals surface area contributed by atoms with Gasteiger partial charge in [-0.05, 0) is 6.42 Å². The number of methoxy groups -OCH3 is 1. The molecule has 6 nitrogen and oxygen atoms in total. The highest BCUT2D eigenvalue weighted by molar-refractivity contribution is 6.29. The normalized spacial score (nSPS) is 10.2. The van der Waals surface area contributed by atoms with Crippen molar-refractivity contribution in [2.75, 3.05) is 25.5 Å². The molecule has 0 spiro atoms. The molecular formula is C11H17ClN4O2. The molecule has 0 fully saturated rings. The number of halogens is 1. The van der Waals surface area contributed by atoms with E-state index in [-0.39, 0.29) is 19.1 Å². The van der Waals surface area contributed by atoms with Crippen molar-refractivity contribution in [1.82, 2.24) is 15.3 Å². The van der Waals surface area contributed by atoms with E-state index in [2.05, 4.69) is 20.6 Å². The Morgan fingerprint density at radius 3 is 2.94 bits per heavy atom. The lowest BCUT2D eigenvalue weighted by Gasteiger charge is -2.08. The average Bonchev–Trinajstić information content (AvgIpc) is 2.33. The first kappa shape index (κ1) is 14.7. The third-order valence-corrected chi connectivity index (χ3v) is 2.21. The monoisotopic (exact) mass is 272 g/mol. The molecule has 0 bridgehead atoms. The first-order valence-electron chi connectivity index (χ1n) is 5.68. The highest BCUT2D eigenvalue weighted by Crippen LogP contribution is 2.11. The van der Waals surface area contributed by atoms with Crippen LogP contribution >= 0.6 is 11.6 Å². The molecule has 0 aliphatic rings. The lowest BCUT2D eigenvalue weighted by Crippen LogP contribution is -2.30. The van der Waals surface area contributed by atoms with Crippen LogP contribution in [0.5, 0.6) is 0 Å². The number of amides is 1. The molecular weight excluding hydrogens is 256 g/mol. The highest BCUT2D eigenvalue weighted by Gasteiger charge is 2.05. The molecule has 1 aromatic rings. The number of carbonyl (C=O) groups is 1. The van der Waals surface area contributed by atoms with Crippen molar-refractivity contribution in [3.8, 4) is 0 Å². The van der Waals surface area contributed by atoms with E-state index in [1.165, 1.54) is 0 Å². The number of aromatic nitrogens is 2. The molecule has 0 aromatic carbocycles. The third-order valence-electron chi connectivity index (χ3n) is 2.02. The van der Waals surface area contributed by atoms with Crippen molar-refractivity contribution in [1.29, 1.82) is 0 Å². The first-order valence-corrected chi connectivity index (χ1v) is 6.06. The van der Waals surface area contributed by atoms with Crippen LogP contribution < -0.4 is 10.6 Å². The molecule has 1 amide bonds. The lowest BCUT2D eigenvalue weighted by atomic mass is 10.4. The summed E-state index contributed by atoms with van der Waals surface area (Å²) in [4.78, 5) is 19.5. The molecule has 1 rings (SSSR count). The van der Waals surface area contributed by atoms with Crippen LogP contribution in [-0.2, 0) is 16.1 Å². The van der Waals surface area contributed by atoms with E-state index >= 15 is 0 Å². The van der Waals surface area contributed by atoms with Gasteiger partial charge in [-0.2, -0.15) is 0 Å². The molecule has 7 heteroatoms. The molecule has 0 saturated carbocycles. The van der Waals surface area contributed by atoms with Crippen molar-refractivity contribution < 1.29 is 9.53 Å². The number of hydrogen-bond acceptors (Lipinski definition) is 5. The van der Waals surface area contributed by atoms with Crippen molar-refractivity contribution in [2.24, 2.45) is 0 Å². The first-order chi connectivity index (χ1) is 8.65. The van der Waals surface area contributed by atoms with Gasteiger partial charge in [0.05, 0.1) is 6.54 Å². The Bertz CT molecular complexity index is 401. The minimum atomic E-state index is -0.0834. The van der Waals surface area contributed by atoms with Crippen LogP contribution in [0.2, 0.25) is 5.15 Å². The zero-order valence-electron chi connectivity index (χ0n) is 10.5. The Morgan fingerprint density at radius 1 is 1.50 bits per heavy atom. The van der Waals surface area contributed by atoms with Gasteiger partial charge in [0.25, 0.3) is 0 Å². The highest BCUT2D eigenvalue weighted by atomic mass is 35.5. The van der Waals surface area contributed by atoms with Gasteiger partial charge < -0.3 is 15.4 Å². The van der Waals surface area contributed by atoms with E-state index in [0.29, 0.717) is 23.3 Å². The fraction of sp³-hybridized carbons (Fsp3) is 0.545. The predicted molar refractivity (Wildman–Crippen MR) is 69.5 cm³/mol. The van der Waals surface area contributed by atoms with E-state index in [1.807, 2.05) is 6.92 Å². The van der Waals surface area contributed by atoms with Crippen LogP contribution in [0.1, 0.15) is 19.2 Å². The van der Waals surface area contributed by atoms with Gasteiger partial charge in [0.1, 0.15) is 17.6 Å². The fourth-order valence-electron chi connectivity index (χ4n) is 1.25. The number of nitrogens with zero attached hydrogens (tertiary/aromatic N) is 2. The molecule has 0 radical (unpaired) electrons. The third kappa shape index (κ3) is 5.29. The summed E-state index contributed by atoms with van der Waals surface area (Å²) in [5.41, 5.74) is 0. The minimum absolute atomic E-state index is 0.0834. The second kappa shape index (κ2) is 7.84. The van der Waals surface area contributed by atoms with Gasteiger partial charge in [-0.1, -0.05) is 18.5 Å². The smallest absolute Gasteiger partial charge is 0.239 e. The molecule has 1 heterocycles. The van der Waals surface area contributed by atoms with Crippen LogP contribution in [-0.4, -0.2) is 36.1 Å². The predicted octanol–water partition coefficient (Wildman–Crippen LogP) is 1.21. The molecule has 2 N–H and O–H groups in total. The molecule has 1 aromatic heterocycles. The fourth-order valence-corrected chi connectivity index (χ4v) is 1.45. The summed E-state index contributed by atoms with van der Waals surface area (Å²) in [6, 6.07) is 1.56. The topological polar surface area (TPSA) is 76.1 Å². The van der Waals surface area contributed by atoms with Gasteiger partial charge >= 0.3 is 0 Å². The van der Waals surface area contributed by atoms with Gasteiger partial charge in [0.2, 0.25) is 5.91 Å². The summed E-state index contributed by atoms with van der Waals surface area (Å²) in [6.07, 6.45) is 0.906. The summed E-state index contributed by atoms with van der Waals surface area (Å²) in [7, 11) is 1.55. The van der Waals surface area contributed by atoms with Crippen LogP contribution in [0, 0.1) is 0 Å². The maximum atomic E-state index is 11.4. The summed E-state index contributed by atoms with van der Waals surface area (Å²) in [6.45, 7) is 3.09. The van der Waals surface area contributed by atoms with Crippen molar-refractivity contribution in [3.63, 3.8) is 0 Å². The van der Waals surface area contributed by atoms with Crippen LogP contribution in [0.4, 0.5) is 5.82 Å². The van der Waals surface area contributed by atoms with Gasteiger partial charge in [-0.15, -0.1) is 0 Å². The summed E-state index contributed by atoms with van der Waals surface area (Å²) >= 11 is 5.84. The SMILES string of the molecule is CCCNC(=O)CNc1cc(Cl)nc(COC)n1. The molecule has 18 heavy (non-hydrogen) atoms. The Balaban J connectivity index is 2.53. The number of rotatable bonds is 7. The second-order valence-electron chi connectivity index (χ2n) is 3.63. The lowest BCUT2D eigenvalue weighted by molar-refractivity contribution is -0.119. The zero-order chi connectivity index (χ0) is 13.4. The van der Waals surface area contributed by atoms with E-state index in [0.717, 1.165) is 6.42 Å². The van der Waals surface area contributed by atoms with Gasteiger partial charge in [0, 0.05) is 19.7 Å². The van der Waals surface area contributed by atoms with Crippen molar-refractivity contribution in [3.05, 3.63) is 17.0 Å². The number of carbonyl (C=O) groups excluding carboxylic acids is 1. The molecule has 0 saturated heterocycles. The summed E-state index contributed by atoms with van der Waals surface area (Å²) in [5, 5.41) is 5.96. The second-order valence-corrected chi connectivity index (χ2v) is 4.02. The van der Waals surface area contributed by atoms with Crippen LogP contribution in [0.25, 0.3) is 0 Å². The van der Waals surface area contributed by atoms with Gasteiger partial charge in [-0.25, -0.2) is 9.97 Å². The molecule has 100 valence electrons. The van der Waals surface area contributed by atoms with E-state index < -0.39 is 0 Å². The molecule has 0 unspecified atom stereocenters. The van der Waals surface area contributed by atoms with Gasteiger partial charge in [-0.3, -0.25) is 4.79 Å². The summed E-state index contributed by atoms with van der Waals surface area (Å²) in [5.74, 6) is 0.898. The minimum Gasteiger partial charge on any atom is -0.377 e. The number of anilines is 1. The Hall–Kier alpha value is -1.40. The number of hydrogen-bond donors (Lipinski definition) is 2. The molecule has 0 atom stereocenters. The van der Waals surface area contributed by atoms with Crippen molar-refractivity contribution >= 4 is 23.3 Å². The quantitative estimate of drug-likeness (QED) is 0.730. The molecule has 0 aliphatic carbocycles. The van der Waals surface area contributed by atoms with Crippen molar-refractivity contribution in [2.45, 2.75) is 20.0 Å². The van der Waals surface area contributed by atoms with E-state index in [1.54, 1.807) is 13.2 Å². The maximum absolute atomic E-state index is 11.4. The largest absolute Gasteiger partial charge is 0.377 e. The molecule has 0 aliphatic heterocycles.